The molecule has 0 fully saturated rings. The van der Waals surface area contributed by atoms with E-state index in [0.717, 1.165) is 5.56 Å². The van der Waals surface area contributed by atoms with E-state index in [1.807, 2.05) is 6.92 Å². The molecule has 0 saturated carbocycles. The van der Waals surface area contributed by atoms with Gasteiger partial charge in [0.1, 0.15) is 5.76 Å². The summed E-state index contributed by atoms with van der Waals surface area (Å²) in [5.74, 6) is 0.343. The third-order valence-corrected chi connectivity index (χ3v) is 2.94. The molecule has 0 aliphatic carbocycles. The maximum absolute atomic E-state index is 12.1. The average molecular weight is 284 g/mol. The van der Waals surface area contributed by atoms with E-state index in [1.165, 1.54) is 0 Å². The van der Waals surface area contributed by atoms with E-state index in [1.54, 1.807) is 31.4 Å². The van der Waals surface area contributed by atoms with Gasteiger partial charge in [-0.3, -0.25) is 4.79 Å². The van der Waals surface area contributed by atoms with Gasteiger partial charge >= 0.3 is 0 Å². The Kier molecular flexibility index (Phi) is 3.64. The Morgan fingerprint density at radius 1 is 1.17 bits per heavy atom. The van der Waals surface area contributed by atoms with Gasteiger partial charge in [-0.05, 0) is 32.0 Å². The molecule has 0 aliphatic heterocycles. The summed E-state index contributed by atoms with van der Waals surface area (Å²) < 4.78 is 5.19. The molecule has 1 amide bonds. The molecule has 2 aromatic rings. The fourth-order valence-corrected chi connectivity index (χ4v) is 2.26. The van der Waals surface area contributed by atoms with Crippen molar-refractivity contribution in [3.05, 3.63) is 51.4 Å². The monoisotopic (exact) mass is 283 g/mol. The summed E-state index contributed by atoms with van der Waals surface area (Å²) in [5, 5.41) is 3.68. The second-order valence-corrected chi connectivity index (χ2v) is 4.84. The van der Waals surface area contributed by atoms with Gasteiger partial charge in [-0.25, -0.2) is 0 Å². The largest absolute Gasteiger partial charge is 0.469 e. The minimum Gasteiger partial charge on any atom is -0.469 e. The Labute approximate surface area is 115 Å². The third kappa shape index (κ3) is 2.68. The highest BCUT2D eigenvalue weighted by Gasteiger charge is 2.15. The molecule has 0 saturated heterocycles. The highest BCUT2D eigenvalue weighted by Crippen LogP contribution is 2.24. The number of carbonyl (C=O) groups excluding carboxylic acids is 1. The predicted molar refractivity (Wildman–Crippen MR) is 72.6 cm³/mol. The molecule has 0 aliphatic rings. The maximum Gasteiger partial charge on any atom is 0.259 e. The lowest BCUT2D eigenvalue weighted by Gasteiger charge is -2.06. The van der Waals surface area contributed by atoms with Crippen molar-refractivity contribution in [1.29, 1.82) is 0 Å². The van der Waals surface area contributed by atoms with Crippen molar-refractivity contribution in [3.8, 4) is 0 Å². The molecule has 1 aromatic carbocycles. The quantitative estimate of drug-likeness (QED) is 0.884. The Bertz CT molecular complexity index is 565. The van der Waals surface area contributed by atoms with Crippen molar-refractivity contribution in [2.45, 2.75) is 13.8 Å². The van der Waals surface area contributed by atoms with Gasteiger partial charge in [0.2, 0.25) is 0 Å². The topological polar surface area (TPSA) is 42.2 Å². The number of anilines is 1. The number of aryl methyl sites for hydroxylation is 2. The van der Waals surface area contributed by atoms with Gasteiger partial charge in [-0.1, -0.05) is 23.2 Å². The first-order valence-electron chi connectivity index (χ1n) is 5.29. The summed E-state index contributed by atoms with van der Waals surface area (Å²) >= 11 is 11.7. The standard InChI is InChI=1S/C13H11Cl2NO2/c1-7-6-18-8(2)12(7)13(17)16-11-4-9(14)3-10(15)5-11/h3-6H,1-2H3,(H,16,17). The van der Waals surface area contributed by atoms with Crippen LogP contribution in [0, 0.1) is 13.8 Å². The van der Waals surface area contributed by atoms with Crippen molar-refractivity contribution in [1.82, 2.24) is 0 Å². The second kappa shape index (κ2) is 5.04. The SMILES string of the molecule is Cc1coc(C)c1C(=O)Nc1cc(Cl)cc(Cl)c1. The summed E-state index contributed by atoms with van der Waals surface area (Å²) in [7, 11) is 0. The van der Waals surface area contributed by atoms with E-state index in [9.17, 15) is 4.79 Å². The summed E-state index contributed by atoms with van der Waals surface area (Å²) in [4.78, 5) is 12.1. The van der Waals surface area contributed by atoms with Crippen LogP contribution in [0.2, 0.25) is 10.0 Å². The lowest BCUT2D eigenvalue weighted by Crippen LogP contribution is -2.13. The summed E-state index contributed by atoms with van der Waals surface area (Å²) in [6.45, 7) is 3.56. The van der Waals surface area contributed by atoms with Crippen LogP contribution in [0.3, 0.4) is 0 Å². The summed E-state index contributed by atoms with van der Waals surface area (Å²) in [5.41, 5.74) is 1.88. The molecule has 0 atom stereocenters. The maximum atomic E-state index is 12.1. The molecular weight excluding hydrogens is 273 g/mol. The van der Waals surface area contributed by atoms with Gasteiger partial charge in [0.05, 0.1) is 11.8 Å². The van der Waals surface area contributed by atoms with Crippen molar-refractivity contribution in [3.63, 3.8) is 0 Å². The average Bonchev–Trinajstić information content (AvgIpc) is 2.56. The Balaban J connectivity index is 2.27. The Morgan fingerprint density at radius 2 is 1.78 bits per heavy atom. The van der Waals surface area contributed by atoms with E-state index in [2.05, 4.69) is 5.32 Å². The van der Waals surface area contributed by atoms with Gasteiger partial charge in [0.15, 0.2) is 0 Å². The lowest BCUT2D eigenvalue weighted by atomic mass is 10.1. The van der Waals surface area contributed by atoms with Crippen LogP contribution in [0.25, 0.3) is 0 Å². The molecule has 1 aromatic heterocycles. The number of carbonyl (C=O) groups is 1. The van der Waals surface area contributed by atoms with Crippen LogP contribution in [0.15, 0.2) is 28.9 Å². The number of hydrogen-bond acceptors (Lipinski definition) is 2. The number of rotatable bonds is 2. The fraction of sp³-hybridized carbons (Fsp3) is 0.154. The number of benzene rings is 1. The zero-order valence-electron chi connectivity index (χ0n) is 9.88. The fourth-order valence-electron chi connectivity index (χ4n) is 1.73. The molecule has 2 rings (SSSR count). The Morgan fingerprint density at radius 3 is 2.28 bits per heavy atom. The van der Waals surface area contributed by atoms with Crippen LogP contribution in [-0.2, 0) is 0 Å². The van der Waals surface area contributed by atoms with Gasteiger partial charge in [0.25, 0.3) is 5.91 Å². The van der Waals surface area contributed by atoms with Crippen molar-refractivity contribution in [2.75, 3.05) is 5.32 Å². The zero-order valence-corrected chi connectivity index (χ0v) is 11.4. The number of nitrogens with one attached hydrogen (secondary N) is 1. The van der Waals surface area contributed by atoms with Crippen LogP contribution in [0.5, 0.6) is 0 Å². The Hall–Kier alpha value is -1.45. The molecule has 0 radical (unpaired) electrons. The van der Waals surface area contributed by atoms with Crippen LogP contribution < -0.4 is 5.32 Å². The molecule has 0 bridgehead atoms. The predicted octanol–water partition coefficient (Wildman–Crippen LogP) is 4.46. The van der Waals surface area contributed by atoms with Gasteiger partial charge in [0, 0.05) is 21.3 Å². The third-order valence-electron chi connectivity index (χ3n) is 2.51. The minimum atomic E-state index is -0.239. The van der Waals surface area contributed by atoms with Gasteiger partial charge in [-0.15, -0.1) is 0 Å². The molecule has 0 unspecified atom stereocenters. The van der Waals surface area contributed by atoms with E-state index in [4.69, 9.17) is 27.6 Å². The van der Waals surface area contributed by atoms with E-state index < -0.39 is 0 Å². The normalized spacial score (nSPS) is 10.4. The highest BCUT2D eigenvalue weighted by atomic mass is 35.5. The van der Waals surface area contributed by atoms with Crippen molar-refractivity contribution >= 4 is 34.8 Å². The molecule has 5 heteroatoms. The number of amides is 1. The summed E-state index contributed by atoms with van der Waals surface area (Å²) in [6.07, 6.45) is 1.55. The van der Waals surface area contributed by atoms with Crippen LogP contribution >= 0.6 is 23.2 Å². The molecule has 1 N–H and O–H groups in total. The van der Waals surface area contributed by atoms with Crippen LogP contribution in [-0.4, -0.2) is 5.91 Å². The number of hydrogen-bond donors (Lipinski definition) is 1. The first kappa shape index (κ1) is 13.0. The second-order valence-electron chi connectivity index (χ2n) is 3.96. The molecule has 94 valence electrons. The van der Waals surface area contributed by atoms with Gasteiger partial charge in [-0.2, -0.15) is 0 Å². The number of halogens is 2. The van der Waals surface area contributed by atoms with Crippen LogP contribution in [0.1, 0.15) is 21.7 Å². The first-order valence-corrected chi connectivity index (χ1v) is 6.05. The molecule has 3 nitrogen and oxygen atoms in total. The smallest absolute Gasteiger partial charge is 0.259 e. The van der Waals surface area contributed by atoms with Crippen molar-refractivity contribution < 1.29 is 9.21 Å². The molecule has 1 heterocycles. The molecule has 18 heavy (non-hydrogen) atoms. The highest BCUT2D eigenvalue weighted by molar-refractivity contribution is 6.35. The molecule has 0 spiro atoms. The minimum absolute atomic E-state index is 0.239. The van der Waals surface area contributed by atoms with E-state index in [0.29, 0.717) is 27.1 Å². The van der Waals surface area contributed by atoms with Crippen LogP contribution in [0.4, 0.5) is 5.69 Å². The first-order chi connectivity index (χ1) is 8.47. The summed E-state index contributed by atoms with van der Waals surface area (Å²) in [6, 6.07) is 4.87. The van der Waals surface area contributed by atoms with E-state index in [-0.39, 0.29) is 5.91 Å². The van der Waals surface area contributed by atoms with E-state index >= 15 is 0 Å². The zero-order chi connectivity index (χ0) is 13.3. The molecular formula is C13H11Cl2NO2. The number of furan rings is 1. The van der Waals surface area contributed by atoms with Crippen molar-refractivity contribution in [2.24, 2.45) is 0 Å². The lowest BCUT2D eigenvalue weighted by molar-refractivity contribution is 0.102. The van der Waals surface area contributed by atoms with Gasteiger partial charge < -0.3 is 9.73 Å².